The molecule has 0 unspecified atom stereocenters. The first-order chi connectivity index (χ1) is 16.3. The van der Waals surface area contributed by atoms with Crippen LogP contribution in [0.4, 0.5) is 11.4 Å². The van der Waals surface area contributed by atoms with Gasteiger partial charge in [-0.25, -0.2) is 0 Å². The van der Waals surface area contributed by atoms with Crippen LogP contribution in [0.25, 0.3) is 6.08 Å². The molecule has 0 spiro atoms. The largest absolute Gasteiger partial charge is 0.493 e. The number of nitrogens with one attached hydrogen (secondary N) is 1. The summed E-state index contributed by atoms with van der Waals surface area (Å²) in [6.45, 7) is 0.265. The summed E-state index contributed by atoms with van der Waals surface area (Å²) in [7, 11) is 5.38. The highest BCUT2D eigenvalue weighted by Crippen LogP contribution is 2.30. The van der Waals surface area contributed by atoms with Crippen LogP contribution in [0.1, 0.15) is 11.1 Å². The summed E-state index contributed by atoms with van der Waals surface area (Å²) >= 11 is 12.0. The number of hydrogen-bond donors (Lipinski definition) is 1. The van der Waals surface area contributed by atoms with Crippen LogP contribution in [0.15, 0.2) is 66.2 Å². The maximum absolute atomic E-state index is 12.6. The third-order valence-corrected chi connectivity index (χ3v) is 5.62. The molecule has 1 N–H and O–H groups in total. The van der Waals surface area contributed by atoms with Gasteiger partial charge in [0, 0.05) is 25.5 Å². The Hall–Kier alpha value is -3.66. The molecule has 0 saturated carbocycles. The number of amides is 1. The highest BCUT2D eigenvalue weighted by atomic mass is 35.5. The van der Waals surface area contributed by atoms with Gasteiger partial charge in [0.15, 0.2) is 11.5 Å². The van der Waals surface area contributed by atoms with Gasteiger partial charge in [-0.05, 0) is 65.7 Å². The minimum absolute atomic E-state index is 0.0387. The average Bonchev–Trinajstić information content (AvgIpc) is 2.83. The number of anilines is 2. The lowest BCUT2D eigenvalue weighted by Crippen LogP contribution is -2.14. The van der Waals surface area contributed by atoms with Crippen molar-refractivity contribution in [3.05, 3.63) is 87.4 Å². The van der Waals surface area contributed by atoms with Gasteiger partial charge in [-0.2, -0.15) is 5.26 Å². The second kappa shape index (κ2) is 11.5. The van der Waals surface area contributed by atoms with Crippen LogP contribution < -0.4 is 19.7 Å². The number of benzene rings is 3. The molecule has 8 heteroatoms. The predicted octanol–water partition coefficient (Wildman–Crippen LogP) is 6.19. The van der Waals surface area contributed by atoms with Crippen molar-refractivity contribution >= 4 is 46.6 Å². The van der Waals surface area contributed by atoms with Gasteiger partial charge < -0.3 is 19.7 Å². The van der Waals surface area contributed by atoms with E-state index in [4.69, 9.17) is 32.7 Å². The molecule has 0 fully saturated rings. The van der Waals surface area contributed by atoms with E-state index >= 15 is 0 Å². The number of carbonyl (C=O) groups excluding carboxylic acids is 1. The molecular weight excluding hydrogens is 473 g/mol. The Morgan fingerprint density at radius 2 is 1.76 bits per heavy atom. The molecule has 0 aliphatic rings. The summed E-state index contributed by atoms with van der Waals surface area (Å²) in [5.74, 6) is 0.472. The van der Waals surface area contributed by atoms with Gasteiger partial charge in [0.05, 0.1) is 17.2 Å². The van der Waals surface area contributed by atoms with Gasteiger partial charge in [-0.1, -0.05) is 35.3 Å². The van der Waals surface area contributed by atoms with Crippen LogP contribution >= 0.6 is 23.2 Å². The third kappa shape index (κ3) is 6.44. The molecule has 0 radical (unpaired) electrons. The molecule has 0 saturated heterocycles. The second-order valence-electron chi connectivity index (χ2n) is 7.51. The lowest BCUT2D eigenvalue weighted by Gasteiger charge is -2.13. The van der Waals surface area contributed by atoms with Crippen LogP contribution in [0.5, 0.6) is 11.5 Å². The molecule has 0 aromatic heterocycles. The van der Waals surface area contributed by atoms with Gasteiger partial charge in [0.2, 0.25) is 0 Å². The van der Waals surface area contributed by atoms with Crippen LogP contribution in [-0.2, 0) is 11.4 Å². The summed E-state index contributed by atoms with van der Waals surface area (Å²) in [6.07, 6.45) is 1.49. The number of methoxy groups -OCH3 is 1. The van der Waals surface area contributed by atoms with E-state index in [0.717, 1.165) is 11.3 Å². The Balaban J connectivity index is 1.73. The van der Waals surface area contributed by atoms with Crippen LogP contribution in [0.3, 0.4) is 0 Å². The normalized spacial score (nSPS) is 10.9. The molecule has 1 amide bonds. The minimum atomic E-state index is -0.501. The smallest absolute Gasteiger partial charge is 0.266 e. The Morgan fingerprint density at radius 1 is 1.03 bits per heavy atom. The van der Waals surface area contributed by atoms with Crippen molar-refractivity contribution in [2.75, 3.05) is 31.4 Å². The fourth-order valence-corrected chi connectivity index (χ4v) is 3.36. The number of halogens is 2. The number of hydrogen-bond acceptors (Lipinski definition) is 5. The molecule has 3 rings (SSSR count). The molecule has 0 heterocycles. The van der Waals surface area contributed by atoms with Crippen LogP contribution in [0, 0.1) is 11.3 Å². The van der Waals surface area contributed by atoms with E-state index in [2.05, 4.69) is 5.32 Å². The quantitative estimate of drug-likeness (QED) is 0.297. The van der Waals surface area contributed by atoms with Gasteiger partial charge in [0.1, 0.15) is 18.2 Å². The van der Waals surface area contributed by atoms with Crippen molar-refractivity contribution in [1.82, 2.24) is 0 Å². The Bertz CT molecular complexity index is 1250. The predicted molar refractivity (Wildman–Crippen MR) is 137 cm³/mol. The Morgan fingerprint density at radius 3 is 2.38 bits per heavy atom. The molecule has 0 aliphatic heterocycles. The van der Waals surface area contributed by atoms with Crippen molar-refractivity contribution in [3.63, 3.8) is 0 Å². The fraction of sp³-hybridized carbons (Fsp3) is 0.154. The van der Waals surface area contributed by atoms with Crippen LogP contribution in [0.2, 0.25) is 10.0 Å². The zero-order valence-electron chi connectivity index (χ0n) is 18.9. The number of ether oxygens (including phenoxy) is 2. The maximum atomic E-state index is 12.6. The first-order valence-corrected chi connectivity index (χ1v) is 11.0. The standard InChI is InChI=1S/C26H23Cl2N3O3/c1-31(2)21-8-6-20(7-9-21)30-26(32)19(15-29)12-17-5-11-24(25(14-17)33-3)34-16-18-4-10-22(27)23(28)13-18/h4-14H,16H2,1-3H3,(H,30,32)/b19-12-. The molecule has 174 valence electrons. The monoisotopic (exact) mass is 495 g/mol. The zero-order valence-corrected chi connectivity index (χ0v) is 20.4. The average molecular weight is 496 g/mol. The van der Waals surface area contributed by atoms with E-state index in [-0.39, 0.29) is 12.2 Å². The zero-order chi connectivity index (χ0) is 24.7. The molecule has 0 bridgehead atoms. The van der Waals surface area contributed by atoms with Gasteiger partial charge in [-0.15, -0.1) is 0 Å². The van der Waals surface area contributed by atoms with Gasteiger partial charge in [-0.3, -0.25) is 4.79 Å². The number of nitrogens with zero attached hydrogens (tertiary/aromatic N) is 2. The number of carbonyl (C=O) groups is 1. The van der Waals surface area contributed by atoms with Gasteiger partial charge >= 0.3 is 0 Å². The van der Waals surface area contributed by atoms with Crippen molar-refractivity contribution in [2.24, 2.45) is 0 Å². The van der Waals surface area contributed by atoms with Crippen molar-refractivity contribution in [3.8, 4) is 17.6 Å². The van der Waals surface area contributed by atoms with Crippen LogP contribution in [-0.4, -0.2) is 27.1 Å². The topological polar surface area (TPSA) is 74.6 Å². The van der Waals surface area contributed by atoms with E-state index in [1.54, 1.807) is 42.5 Å². The molecule has 0 aliphatic carbocycles. The van der Waals surface area contributed by atoms with Crippen molar-refractivity contribution in [1.29, 1.82) is 5.26 Å². The maximum Gasteiger partial charge on any atom is 0.266 e. The summed E-state index contributed by atoms with van der Waals surface area (Å²) in [4.78, 5) is 14.6. The van der Waals surface area contributed by atoms with E-state index in [1.807, 2.05) is 43.3 Å². The lowest BCUT2D eigenvalue weighted by molar-refractivity contribution is -0.112. The van der Waals surface area contributed by atoms with E-state index in [1.165, 1.54) is 13.2 Å². The van der Waals surface area contributed by atoms with E-state index < -0.39 is 5.91 Å². The molecular formula is C26H23Cl2N3O3. The van der Waals surface area contributed by atoms with E-state index in [9.17, 15) is 10.1 Å². The number of nitriles is 1. The summed E-state index contributed by atoms with van der Waals surface area (Å²) in [5.41, 5.74) is 3.03. The minimum Gasteiger partial charge on any atom is -0.493 e. The Labute approximate surface area is 208 Å². The lowest BCUT2D eigenvalue weighted by atomic mass is 10.1. The fourth-order valence-electron chi connectivity index (χ4n) is 3.04. The highest BCUT2D eigenvalue weighted by molar-refractivity contribution is 6.42. The first-order valence-electron chi connectivity index (χ1n) is 10.3. The van der Waals surface area contributed by atoms with Crippen molar-refractivity contribution < 1.29 is 14.3 Å². The Kier molecular flexibility index (Phi) is 8.42. The summed E-state index contributed by atoms with van der Waals surface area (Å²) < 4.78 is 11.3. The highest BCUT2D eigenvalue weighted by Gasteiger charge is 2.12. The molecule has 0 atom stereocenters. The van der Waals surface area contributed by atoms with E-state index in [0.29, 0.717) is 32.8 Å². The molecule has 6 nitrogen and oxygen atoms in total. The molecule has 3 aromatic rings. The molecule has 3 aromatic carbocycles. The molecule has 34 heavy (non-hydrogen) atoms. The first kappa shape index (κ1) is 25.0. The third-order valence-electron chi connectivity index (χ3n) is 4.88. The van der Waals surface area contributed by atoms with Gasteiger partial charge in [0.25, 0.3) is 5.91 Å². The van der Waals surface area contributed by atoms with Crippen molar-refractivity contribution in [2.45, 2.75) is 6.61 Å². The number of rotatable bonds is 8. The SMILES string of the molecule is COc1cc(/C=C(/C#N)C(=O)Nc2ccc(N(C)C)cc2)ccc1OCc1ccc(Cl)c(Cl)c1. The summed E-state index contributed by atoms with van der Waals surface area (Å²) in [6, 6.07) is 19.7. The second-order valence-corrected chi connectivity index (χ2v) is 8.33. The summed E-state index contributed by atoms with van der Waals surface area (Å²) in [5, 5.41) is 13.2.